The molecule has 0 radical (unpaired) electrons. The number of rotatable bonds is 7. The number of aromatic nitrogens is 2. The van der Waals surface area contributed by atoms with Gasteiger partial charge in [0.25, 0.3) is 5.91 Å². The predicted octanol–water partition coefficient (Wildman–Crippen LogP) is 2.09. The van der Waals surface area contributed by atoms with Crippen LogP contribution in [0, 0.1) is 20.8 Å². The second kappa shape index (κ2) is 9.69. The van der Waals surface area contributed by atoms with Crippen molar-refractivity contribution in [1.82, 2.24) is 19.6 Å². The maximum Gasteiger partial charge on any atom is 0.308 e. The van der Waals surface area contributed by atoms with E-state index in [0.29, 0.717) is 19.6 Å². The van der Waals surface area contributed by atoms with Gasteiger partial charge in [0.1, 0.15) is 0 Å². The predicted molar refractivity (Wildman–Crippen MR) is 110 cm³/mol. The van der Waals surface area contributed by atoms with Crippen LogP contribution in [0.1, 0.15) is 28.9 Å². The molecule has 1 aromatic carbocycles. The van der Waals surface area contributed by atoms with Crippen LogP contribution >= 0.6 is 0 Å². The van der Waals surface area contributed by atoms with Gasteiger partial charge in [-0.05, 0) is 32.4 Å². The molecule has 2 aromatic rings. The molecule has 7 heteroatoms. The van der Waals surface area contributed by atoms with Crippen LogP contribution in [0.2, 0.25) is 0 Å². The van der Waals surface area contributed by atoms with E-state index in [9.17, 15) is 9.59 Å². The Kier molecular flexibility index (Phi) is 7.04. The molecule has 1 aromatic heterocycles. The van der Waals surface area contributed by atoms with Crippen molar-refractivity contribution in [2.24, 2.45) is 0 Å². The molecule has 29 heavy (non-hydrogen) atoms. The molecule has 0 bridgehead atoms. The highest BCUT2D eigenvalue weighted by molar-refractivity contribution is 5.80. The molecule has 156 valence electrons. The molecule has 0 spiro atoms. The highest BCUT2D eigenvalue weighted by Gasteiger charge is 2.22. The summed E-state index contributed by atoms with van der Waals surface area (Å²) in [5.41, 5.74) is 4.49. The molecule has 0 saturated carbocycles. The quantitative estimate of drug-likeness (QED) is 0.668. The van der Waals surface area contributed by atoms with Crippen molar-refractivity contribution >= 4 is 11.9 Å². The number of nitrogens with zero attached hydrogens (tertiary/aromatic N) is 4. The van der Waals surface area contributed by atoms with Gasteiger partial charge in [0.05, 0.1) is 18.7 Å². The minimum atomic E-state index is -0.371. The largest absolute Gasteiger partial charge is 0.456 e. The zero-order valence-electron chi connectivity index (χ0n) is 17.6. The third-order valence-electron chi connectivity index (χ3n) is 5.20. The van der Waals surface area contributed by atoms with Crippen LogP contribution < -0.4 is 0 Å². The Morgan fingerprint density at radius 2 is 1.83 bits per heavy atom. The van der Waals surface area contributed by atoms with Crippen molar-refractivity contribution in [3.8, 4) is 0 Å². The Labute approximate surface area is 172 Å². The van der Waals surface area contributed by atoms with Crippen molar-refractivity contribution in [2.45, 2.75) is 40.3 Å². The molecule has 1 aliphatic rings. The molecule has 0 unspecified atom stereocenters. The topological polar surface area (TPSA) is 67.7 Å². The van der Waals surface area contributed by atoms with Gasteiger partial charge in [0, 0.05) is 38.4 Å². The van der Waals surface area contributed by atoms with E-state index in [-0.39, 0.29) is 24.9 Å². The lowest BCUT2D eigenvalue weighted by atomic mass is 10.1. The Hall–Kier alpha value is -2.67. The van der Waals surface area contributed by atoms with Crippen LogP contribution in [0.3, 0.4) is 0 Å². The number of aryl methyl sites for hydroxylation is 4. The van der Waals surface area contributed by atoms with Crippen LogP contribution in [0.15, 0.2) is 30.3 Å². The Bertz CT molecular complexity index is 853. The van der Waals surface area contributed by atoms with Crippen molar-refractivity contribution < 1.29 is 14.3 Å². The third-order valence-corrected chi connectivity index (χ3v) is 5.20. The fourth-order valence-corrected chi connectivity index (χ4v) is 3.63. The molecule has 2 heterocycles. The number of carbonyl (C=O) groups is 2. The Morgan fingerprint density at radius 1 is 1.07 bits per heavy atom. The van der Waals surface area contributed by atoms with E-state index in [1.54, 1.807) is 9.58 Å². The molecular formula is C22H30N4O3. The fourth-order valence-electron chi connectivity index (χ4n) is 3.63. The lowest BCUT2D eigenvalue weighted by Gasteiger charge is -2.34. The molecule has 3 rings (SSSR count). The Balaban J connectivity index is 1.36. The van der Waals surface area contributed by atoms with Gasteiger partial charge >= 0.3 is 5.97 Å². The van der Waals surface area contributed by atoms with E-state index in [1.165, 1.54) is 11.1 Å². The number of hydrogen-bond acceptors (Lipinski definition) is 5. The lowest BCUT2D eigenvalue weighted by Crippen LogP contribution is -2.49. The van der Waals surface area contributed by atoms with Gasteiger partial charge in [0.2, 0.25) is 0 Å². The van der Waals surface area contributed by atoms with Crippen molar-refractivity contribution in [3.63, 3.8) is 0 Å². The first-order chi connectivity index (χ1) is 13.9. The minimum Gasteiger partial charge on any atom is -0.456 e. The molecule has 1 saturated heterocycles. The van der Waals surface area contributed by atoms with Gasteiger partial charge in [-0.1, -0.05) is 29.8 Å². The average molecular weight is 399 g/mol. The second-order valence-electron chi connectivity index (χ2n) is 7.71. The highest BCUT2D eigenvalue weighted by Crippen LogP contribution is 2.11. The van der Waals surface area contributed by atoms with Gasteiger partial charge in [-0.3, -0.25) is 19.2 Å². The number of hydrogen-bond donors (Lipinski definition) is 0. The van der Waals surface area contributed by atoms with Crippen LogP contribution in [-0.4, -0.2) is 64.2 Å². The van der Waals surface area contributed by atoms with Gasteiger partial charge in [-0.2, -0.15) is 5.10 Å². The van der Waals surface area contributed by atoms with Crippen LogP contribution in [0.5, 0.6) is 0 Å². The van der Waals surface area contributed by atoms with Crippen LogP contribution in [0.25, 0.3) is 0 Å². The summed E-state index contributed by atoms with van der Waals surface area (Å²) < 4.78 is 6.96. The summed E-state index contributed by atoms with van der Waals surface area (Å²) in [6, 6.07) is 10.5. The van der Waals surface area contributed by atoms with Crippen molar-refractivity contribution in [2.75, 3.05) is 32.8 Å². The second-order valence-corrected chi connectivity index (χ2v) is 7.71. The lowest BCUT2D eigenvalue weighted by molar-refractivity contribution is -0.153. The smallest absolute Gasteiger partial charge is 0.308 e. The number of benzene rings is 1. The van der Waals surface area contributed by atoms with Crippen molar-refractivity contribution in [3.05, 3.63) is 52.8 Å². The summed E-state index contributed by atoms with van der Waals surface area (Å²) >= 11 is 0. The number of carbonyl (C=O) groups excluding carboxylic acids is 2. The SMILES string of the molecule is Cc1cccc(CN2CCN(C(=O)COC(=O)CCn3nc(C)cc3C)CC2)c1. The molecule has 7 nitrogen and oxygen atoms in total. The summed E-state index contributed by atoms with van der Waals surface area (Å²) in [7, 11) is 0. The van der Waals surface area contributed by atoms with Crippen LogP contribution in [-0.2, 0) is 27.4 Å². The van der Waals surface area contributed by atoms with E-state index in [1.807, 2.05) is 19.9 Å². The first-order valence-corrected chi connectivity index (χ1v) is 10.1. The van der Waals surface area contributed by atoms with Crippen LogP contribution in [0.4, 0.5) is 0 Å². The highest BCUT2D eigenvalue weighted by atomic mass is 16.5. The summed E-state index contributed by atoms with van der Waals surface area (Å²) in [5.74, 6) is -0.497. The third kappa shape index (κ3) is 6.15. The van der Waals surface area contributed by atoms with Gasteiger partial charge < -0.3 is 9.64 Å². The van der Waals surface area contributed by atoms with Gasteiger partial charge in [-0.15, -0.1) is 0 Å². The van der Waals surface area contributed by atoms with Gasteiger partial charge in [0.15, 0.2) is 6.61 Å². The maximum atomic E-state index is 12.4. The van der Waals surface area contributed by atoms with Gasteiger partial charge in [-0.25, -0.2) is 0 Å². The first-order valence-electron chi connectivity index (χ1n) is 10.1. The van der Waals surface area contributed by atoms with E-state index in [2.05, 4.69) is 41.2 Å². The molecule has 1 aliphatic heterocycles. The van der Waals surface area contributed by atoms with E-state index in [0.717, 1.165) is 31.0 Å². The summed E-state index contributed by atoms with van der Waals surface area (Å²) in [6.45, 7) is 10.1. The van der Waals surface area contributed by atoms with Crippen molar-refractivity contribution in [1.29, 1.82) is 0 Å². The van der Waals surface area contributed by atoms with E-state index in [4.69, 9.17) is 4.74 Å². The molecule has 0 N–H and O–H groups in total. The Morgan fingerprint density at radius 3 is 2.48 bits per heavy atom. The number of piperazine rings is 1. The number of esters is 1. The number of ether oxygens (including phenoxy) is 1. The standard InChI is InChI=1S/C22H30N4O3/c1-17-5-4-6-20(13-17)15-24-9-11-25(12-10-24)21(27)16-29-22(28)7-8-26-19(3)14-18(2)23-26/h4-6,13-14H,7-12,15-16H2,1-3H3. The average Bonchev–Trinajstić information content (AvgIpc) is 3.02. The summed E-state index contributed by atoms with van der Waals surface area (Å²) in [4.78, 5) is 28.4. The monoisotopic (exact) mass is 398 g/mol. The maximum absolute atomic E-state index is 12.4. The molecule has 1 fully saturated rings. The molecule has 0 atom stereocenters. The normalized spacial score (nSPS) is 14.8. The summed E-state index contributed by atoms with van der Waals surface area (Å²) in [5, 5.41) is 4.32. The number of amides is 1. The first kappa shape index (κ1) is 21.0. The van der Waals surface area contributed by atoms with E-state index >= 15 is 0 Å². The fraction of sp³-hybridized carbons (Fsp3) is 0.500. The van der Waals surface area contributed by atoms with E-state index < -0.39 is 0 Å². The zero-order valence-corrected chi connectivity index (χ0v) is 17.6. The summed E-state index contributed by atoms with van der Waals surface area (Å²) in [6.07, 6.45) is 0.208. The minimum absolute atomic E-state index is 0.125. The molecule has 0 aliphatic carbocycles. The molecular weight excluding hydrogens is 368 g/mol. The molecule has 1 amide bonds. The zero-order chi connectivity index (χ0) is 20.8.